The van der Waals surface area contributed by atoms with Gasteiger partial charge in [0.1, 0.15) is 0 Å². The van der Waals surface area contributed by atoms with Crippen LogP contribution in [0.3, 0.4) is 0 Å². The Kier molecular flexibility index (Phi) is 4.37. The number of amides is 1. The molecule has 2 aromatic carbocycles. The summed E-state index contributed by atoms with van der Waals surface area (Å²) in [6.07, 6.45) is 2.09. The minimum absolute atomic E-state index is 0.109. The lowest BCUT2D eigenvalue weighted by Crippen LogP contribution is -2.36. The highest BCUT2D eigenvalue weighted by molar-refractivity contribution is 5.96. The molecular formula is C20H24N2O. The summed E-state index contributed by atoms with van der Waals surface area (Å²) in [5.41, 5.74) is 9.57. The van der Waals surface area contributed by atoms with E-state index in [4.69, 9.17) is 5.73 Å². The summed E-state index contributed by atoms with van der Waals surface area (Å²) in [5, 5.41) is 0. The summed E-state index contributed by atoms with van der Waals surface area (Å²) in [6, 6.07) is 16.3. The van der Waals surface area contributed by atoms with Gasteiger partial charge in [0, 0.05) is 23.8 Å². The number of nitrogens with zero attached hydrogens (tertiary/aromatic N) is 1. The number of likely N-dealkylation sites (tertiary alicyclic amines) is 1. The van der Waals surface area contributed by atoms with Crippen molar-refractivity contribution in [2.75, 3.05) is 12.3 Å². The fourth-order valence-corrected chi connectivity index (χ4v) is 3.50. The lowest BCUT2D eigenvalue weighted by atomic mass is 9.93. The van der Waals surface area contributed by atoms with Crippen LogP contribution < -0.4 is 5.73 Å². The van der Waals surface area contributed by atoms with Crippen LogP contribution in [-0.4, -0.2) is 23.4 Å². The van der Waals surface area contributed by atoms with Gasteiger partial charge in [-0.3, -0.25) is 4.79 Å². The quantitative estimate of drug-likeness (QED) is 0.879. The Hall–Kier alpha value is -2.29. The Morgan fingerprint density at radius 1 is 1.22 bits per heavy atom. The second-order valence-electron chi connectivity index (χ2n) is 6.55. The SMILES string of the molecule is Cc1ccc(N)cc1C(=O)N1CCC(Cc2ccccc2)C1C. The Bertz CT molecular complexity index is 696. The van der Waals surface area contributed by atoms with Crippen LogP contribution in [0, 0.1) is 12.8 Å². The summed E-state index contributed by atoms with van der Waals surface area (Å²) >= 11 is 0. The van der Waals surface area contributed by atoms with E-state index < -0.39 is 0 Å². The van der Waals surface area contributed by atoms with E-state index >= 15 is 0 Å². The molecule has 2 atom stereocenters. The average Bonchev–Trinajstić information content (AvgIpc) is 2.91. The highest BCUT2D eigenvalue weighted by atomic mass is 16.2. The first kappa shape index (κ1) is 15.6. The normalized spacial score (nSPS) is 20.7. The monoisotopic (exact) mass is 308 g/mol. The predicted octanol–water partition coefficient (Wildman–Crippen LogP) is 3.67. The van der Waals surface area contributed by atoms with Crippen LogP contribution >= 0.6 is 0 Å². The summed E-state index contributed by atoms with van der Waals surface area (Å²) in [4.78, 5) is 14.9. The van der Waals surface area contributed by atoms with Crippen molar-refractivity contribution in [2.24, 2.45) is 5.92 Å². The number of aryl methyl sites for hydroxylation is 1. The second-order valence-corrected chi connectivity index (χ2v) is 6.55. The van der Waals surface area contributed by atoms with Crippen molar-refractivity contribution in [3.05, 3.63) is 65.2 Å². The molecule has 120 valence electrons. The Morgan fingerprint density at radius 2 is 1.96 bits per heavy atom. The number of nitrogen functional groups attached to an aromatic ring is 1. The number of hydrogen-bond donors (Lipinski definition) is 1. The van der Waals surface area contributed by atoms with Crippen molar-refractivity contribution in [1.82, 2.24) is 4.90 Å². The molecule has 0 saturated carbocycles. The highest BCUT2D eigenvalue weighted by Crippen LogP contribution is 2.29. The molecule has 1 aliphatic heterocycles. The van der Waals surface area contributed by atoms with Gasteiger partial charge in [0.15, 0.2) is 0 Å². The van der Waals surface area contributed by atoms with Gasteiger partial charge in [0.25, 0.3) is 5.91 Å². The van der Waals surface area contributed by atoms with Gasteiger partial charge in [-0.15, -0.1) is 0 Å². The predicted molar refractivity (Wildman–Crippen MR) is 94.3 cm³/mol. The zero-order valence-electron chi connectivity index (χ0n) is 13.8. The van der Waals surface area contributed by atoms with E-state index in [-0.39, 0.29) is 11.9 Å². The van der Waals surface area contributed by atoms with Crippen LogP contribution in [0.1, 0.15) is 34.8 Å². The lowest BCUT2D eigenvalue weighted by molar-refractivity contribution is 0.0731. The van der Waals surface area contributed by atoms with Gasteiger partial charge in [-0.1, -0.05) is 36.4 Å². The molecule has 3 heteroatoms. The lowest BCUT2D eigenvalue weighted by Gasteiger charge is -2.25. The Labute approximate surface area is 138 Å². The molecule has 2 aromatic rings. The maximum absolute atomic E-state index is 12.9. The van der Waals surface area contributed by atoms with Crippen LogP contribution in [0.5, 0.6) is 0 Å². The van der Waals surface area contributed by atoms with Gasteiger partial charge in [-0.05, 0) is 55.9 Å². The topological polar surface area (TPSA) is 46.3 Å². The molecule has 1 saturated heterocycles. The molecule has 3 rings (SSSR count). The van der Waals surface area contributed by atoms with Crippen molar-refractivity contribution in [3.63, 3.8) is 0 Å². The molecule has 1 fully saturated rings. The molecular weight excluding hydrogens is 284 g/mol. The van der Waals surface area contributed by atoms with E-state index in [0.29, 0.717) is 11.6 Å². The van der Waals surface area contributed by atoms with E-state index in [0.717, 1.165) is 30.5 Å². The summed E-state index contributed by atoms with van der Waals surface area (Å²) in [5.74, 6) is 0.626. The summed E-state index contributed by atoms with van der Waals surface area (Å²) < 4.78 is 0. The molecule has 1 aliphatic rings. The third-order valence-corrected chi connectivity index (χ3v) is 5.01. The minimum atomic E-state index is 0.109. The van der Waals surface area contributed by atoms with Crippen LogP contribution in [-0.2, 0) is 6.42 Å². The van der Waals surface area contributed by atoms with Gasteiger partial charge in [-0.2, -0.15) is 0 Å². The molecule has 1 heterocycles. The van der Waals surface area contributed by atoms with Gasteiger partial charge >= 0.3 is 0 Å². The Balaban J connectivity index is 1.74. The van der Waals surface area contributed by atoms with Crippen LogP contribution in [0.2, 0.25) is 0 Å². The van der Waals surface area contributed by atoms with E-state index in [1.807, 2.05) is 30.0 Å². The van der Waals surface area contributed by atoms with Gasteiger partial charge in [-0.25, -0.2) is 0 Å². The van der Waals surface area contributed by atoms with Crippen molar-refractivity contribution >= 4 is 11.6 Å². The third-order valence-electron chi connectivity index (χ3n) is 5.01. The number of benzene rings is 2. The minimum Gasteiger partial charge on any atom is -0.399 e. The average molecular weight is 308 g/mol. The molecule has 0 spiro atoms. The number of rotatable bonds is 3. The fraction of sp³-hybridized carbons (Fsp3) is 0.350. The first-order valence-corrected chi connectivity index (χ1v) is 8.27. The van der Waals surface area contributed by atoms with E-state index in [2.05, 4.69) is 31.2 Å². The zero-order chi connectivity index (χ0) is 16.4. The maximum Gasteiger partial charge on any atom is 0.254 e. The van der Waals surface area contributed by atoms with Gasteiger partial charge in [0.2, 0.25) is 0 Å². The Morgan fingerprint density at radius 3 is 2.70 bits per heavy atom. The van der Waals surface area contributed by atoms with E-state index in [9.17, 15) is 4.79 Å². The first-order valence-electron chi connectivity index (χ1n) is 8.27. The van der Waals surface area contributed by atoms with Crippen molar-refractivity contribution in [1.29, 1.82) is 0 Å². The second kappa shape index (κ2) is 6.45. The van der Waals surface area contributed by atoms with Crippen LogP contribution in [0.15, 0.2) is 48.5 Å². The molecule has 0 bridgehead atoms. The highest BCUT2D eigenvalue weighted by Gasteiger charge is 2.34. The number of hydrogen-bond acceptors (Lipinski definition) is 2. The van der Waals surface area contributed by atoms with Gasteiger partial charge < -0.3 is 10.6 Å². The molecule has 0 radical (unpaired) electrons. The van der Waals surface area contributed by atoms with E-state index in [1.165, 1.54) is 5.56 Å². The molecule has 1 amide bonds. The zero-order valence-corrected chi connectivity index (χ0v) is 13.8. The molecule has 3 nitrogen and oxygen atoms in total. The smallest absolute Gasteiger partial charge is 0.254 e. The molecule has 0 aromatic heterocycles. The van der Waals surface area contributed by atoms with Crippen molar-refractivity contribution < 1.29 is 4.79 Å². The van der Waals surface area contributed by atoms with Gasteiger partial charge in [0.05, 0.1) is 0 Å². The maximum atomic E-state index is 12.9. The summed E-state index contributed by atoms with van der Waals surface area (Å²) in [6.45, 7) is 4.96. The number of carbonyl (C=O) groups is 1. The van der Waals surface area contributed by atoms with Crippen molar-refractivity contribution in [2.45, 2.75) is 32.7 Å². The first-order chi connectivity index (χ1) is 11.1. The standard InChI is InChI=1S/C20H24N2O/c1-14-8-9-18(21)13-19(14)20(23)22-11-10-17(15(22)2)12-16-6-4-3-5-7-16/h3-9,13,15,17H,10-12,21H2,1-2H3. The third kappa shape index (κ3) is 3.24. The van der Waals surface area contributed by atoms with E-state index in [1.54, 1.807) is 6.07 Å². The summed E-state index contributed by atoms with van der Waals surface area (Å²) in [7, 11) is 0. The number of anilines is 1. The fourth-order valence-electron chi connectivity index (χ4n) is 3.50. The molecule has 2 N–H and O–H groups in total. The van der Waals surface area contributed by atoms with Crippen molar-refractivity contribution in [3.8, 4) is 0 Å². The molecule has 2 unspecified atom stereocenters. The number of nitrogens with two attached hydrogens (primary N) is 1. The molecule has 0 aliphatic carbocycles. The number of carbonyl (C=O) groups excluding carboxylic acids is 1. The van der Waals surface area contributed by atoms with Crippen LogP contribution in [0.4, 0.5) is 5.69 Å². The molecule has 23 heavy (non-hydrogen) atoms. The van der Waals surface area contributed by atoms with Crippen LogP contribution in [0.25, 0.3) is 0 Å². The largest absolute Gasteiger partial charge is 0.399 e.